The number of aryl methyl sites for hydroxylation is 1. The van der Waals surface area contributed by atoms with E-state index in [1.54, 1.807) is 25.1 Å². The Morgan fingerprint density at radius 2 is 2.00 bits per heavy atom. The predicted octanol–water partition coefficient (Wildman–Crippen LogP) is 1.17. The van der Waals surface area contributed by atoms with Crippen molar-refractivity contribution in [3.63, 3.8) is 0 Å². The third-order valence-electron chi connectivity index (χ3n) is 2.22. The van der Waals surface area contributed by atoms with Gasteiger partial charge in [-0.3, -0.25) is 4.72 Å². The van der Waals surface area contributed by atoms with Gasteiger partial charge in [0.25, 0.3) is 10.0 Å². The maximum absolute atomic E-state index is 12.1. The summed E-state index contributed by atoms with van der Waals surface area (Å²) in [7, 11) is -3.76. The summed E-state index contributed by atoms with van der Waals surface area (Å²) in [6.45, 7) is 1.77. The molecule has 0 radical (unpaired) electrons. The highest BCUT2D eigenvalue weighted by Gasteiger charge is 2.18. The molecule has 0 aromatic carbocycles. The van der Waals surface area contributed by atoms with E-state index in [1.165, 1.54) is 18.3 Å². The summed E-state index contributed by atoms with van der Waals surface area (Å²) in [5, 5.41) is 0. The third-order valence-corrected chi connectivity index (χ3v) is 3.62. The third kappa shape index (κ3) is 2.57. The number of anilines is 2. The molecule has 0 aliphatic heterocycles. The van der Waals surface area contributed by atoms with Crippen LogP contribution in [0.4, 0.5) is 11.6 Å². The molecule has 18 heavy (non-hydrogen) atoms. The Balaban J connectivity index is 2.37. The number of nitrogen functional groups attached to an aromatic ring is 1. The zero-order valence-electron chi connectivity index (χ0n) is 9.66. The summed E-state index contributed by atoms with van der Waals surface area (Å²) >= 11 is 0. The largest absolute Gasteiger partial charge is 0.383 e. The van der Waals surface area contributed by atoms with Crippen LogP contribution >= 0.6 is 0 Å². The summed E-state index contributed by atoms with van der Waals surface area (Å²) in [4.78, 5) is 7.74. The molecule has 0 unspecified atom stereocenters. The molecule has 0 atom stereocenters. The van der Waals surface area contributed by atoms with Gasteiger partial charge in [-0.2, -0.15) is 0 Å². The molecule has 94 valence electrons. The van der Waals surface area contributed by atoms with Crippen LogP contribution in [0, 0.1) is 6.92 Å². The van der Waals surface area contributed by atoms with E-state index in [9.17, 15) is 8.42 Å². The minimum Gasteiger partial charge on any atom is -0.383 e. The van der Waals surface area contributed by atoms with E-state index in [4.69, 9.17) is 5.73 Å². The molecule has 2 heterocycles. The zero-order valence-corrected chi connectivity index (χ0v) is 10.5. The van der Waals surface area contributed by atoms with Crippen molar-refractivity contribution in [2.75, 3.05) is 10.5 Å². The van der Waals surface area contributed by atoms with E-state index in [0.29, 0.717) is 5.69 Å². The van der Waals surface area contributed by atoms with E-state index in [-0.39, 0.29) is 16.5 Å². The number of rotatable bonds is 3. The molecule has 0 amide bonds. The molecule has 2 aromatic rings. The van der Waals surface area contributed by atoms with Crippen molar-refractivity contribution in [1.82, 2.24) is 9.97 Å². The lowest BCUT2D eigenvalue weighted by atomic mass is 10.4. The molecular formula is C11H12N4O2S. The zero-order chi connectivity index (χ0) is 13.2. The van der Waals surface area contributed by atoms with Crippen molar-refractivity contribution in [2.24, 2.45) is 0 Å². The average molecular weight is 264 g/mol. The van der Waals surface area contributed by atoms with Crippen LogP contribution in [-0.2, 0) is 10.0 Å². The molecule has 0 aliphatic rings. The van der Waals surface area contributed by atoms with Crippen molar-refractivity contribution in [3.05, 3.63) is 42.2 Å². The summed E-state index contributed by atoms with van der Waals surface area (Å²) in [5.74, 6) is 0.205. The lowest BCUT2D eigenvalue weighted by molar-refractivity contribution is 0.601. The van der Waals surface area contributed by atoms with Crippen LogP contribution in [0.15, 0.2) is 41.4 Å². The molecule has 0 fully saturated rings. The van der Waals surface area contributed by atoms with E-state index in [1.807, 2.05) is 0 Å². The predicted molar refractivity (Wildman–Crippen MR) is 68.4 cm³/mol. The van der Waals surface area contributed by atoms with Crippen LogP contribution in [0.25, 0.3) is 0 Å². The van der Waals surface area contributed by atoms with Gasteiger partial charge < -0.3 is 5.73 Å². The van der Waals surface area contributed by atoms with Crippen LogP contribution in [-0.4, -0.2) is 18.4 Å². The first kappa shape index (κ1) is 12.3. The van der Waals surface area contributed by atoms with Crippen LogP contribution in [0.3, 0.4) is 0 Å². The van der Waals surface area contributed by atoms with Crippen molar-refractivity contribution < 1.29 is 8.42 Å². The van der Waals surface area contributed by atoms with Crippen LogP contribution in [0.1, 0.15) is 5.69 Å². The number of nitrogens with one attached hydrogen (secondary N) is 1. The molecule has 6 nitrogen and oxygen atoms in total. The van der Waals surface area contributed by atoms with Crippen LogP contribution in [0.2, 0.25) is 0 Å². The number of nitrogens with zero attached hydrogens (tertiary/aromatic N) is 2. The first-order valence-electron chi connectivity index (χ1n) is 5.16. The van der Waals surface area contributed by atoms with E-state index in [2.05, 4.69) is 14.7 Å². The lowest BCUT2D eigenvalue weighted by Gasteiger charge is -2.08. The van der Waals surface area contributed by atoms with Gasteiger partial charge >= 0.3 is 0 Å². The first-order valence-corrected chi connectivity index (χ1v) is 6.64. The molecule has 0 saturated heterocycles. The van der Waals surface area contributed by atoms with Gasteiger partial charge in [0.1, 0.15) is 16.5 Å². The quantitative estimate of drug-likeness (QED) is 0.867. The summed E-state index contributed by atoms with van der Waals surface area (Å²) < 4.78 is 26.5. The summed E-state index contributed by atoms with van der Waals surface area (Å²) in [5.41, 5.74) is 6.26. The van der Waals surface area contributed by atoms with Crippen molar-refractivity contribution in [2.45, 2.75) is 11.8 Å². The van der Waals surface area contributed by atoms with Gasteiger partial charge in [-0.15, -0.1) is 0 Å². The second-order valence-electron chi connectivity index (χ2n) is 3.66. The summed E-state index contributed by atoms with van der Waals surface area (Å²) in [6.07, 6.45) is 1.43. The molecule has 2 aromatic heterocycles. The van der Waals surface area contributed by atoms with Gasteiger partial charge in [0.15, 0.2) is 0 Å². The van der Waals surface area contributed by atoms with Crippen molar-refractivity contribution in [3.8, 4) is 0 Å². The fraction of sp³-hybridized carbons (Fsp3) is 0.0909. The van der Waals surface area contributed by atoms with E-state index < -0.39 is 10.0 Å². The van der Waals surface area contributed by atoms with Crippen LogP contribution in [0.5, 0.6) is 0 Å². The second kappa shape index (κ2) is 4.61. The minimum absolute atomic E-state index is 0.0438. The van der Waals surface area contributed by atoms with E-state index >= 15 is 0 Å². The van der Waals surface area contributed by atoms with Gasteiger partial charge in [0, 0.05) is 11.9 Å². The Bertz CT molecular complexity index is 670. The maximum Gasteiger partial charge on any atom is 0.266 e. The Kier molecular flexibility index (Phi) is 3.15. The SMILES string of the molecule is Cc1cccc(NS(=O)(=O)c2cccnc2N)n1. The highest BCUT2D eigenvalue weighted by atomic mass is 32.2. The minimum atomic E-state index is -3.76. The molecule has 2 rings (SSSR count). The molecule has 0 saturated carbocycles. The van der Waals surface area contributed by atoms with Crippen LogP contribution < -0.4 is 10.5 Å². The lowest BCUT2D eigenvalue weighted by Crippen LogP contribution is -2.16. The molecule has 3 N–H and O–H groups in total. The Hall–Kier alpha value is -2.15. The van der Waals surface area contributed by atoms with Gasteiger partial charge in [0.2, 0.25) is 0 Å². The Morgan fingerprint density at radius 3 is 2.67 bits per heavy atom. The molecule has 0 aliphatic carbocycles. The Morgan fingerprint density at radius 1 is 1.22 bits per heavy atom. The number of sulfonamides is 1. The van der Waals surface area contributed by atoms with E-state index in [0.717, 1.165) is 0 Å². The number of nitrogens with two attached hydrogens (primary N) is 1. The maximum atomic E-state index is 12.1. The molecule has 7 heteroatoms. The summed E-state index contributed by atoms with van der Waals surface area (Å²) in [6, 6.07) is 7.95. The number of pyridine rings is 2. The standard InChI is InChI=1S/C11H12N4O2S/c1-8-4-2-6-10(14-8)15-18(16,17)9-5-3-7-13-11(9)12/h2-7H,1H3,(H2,12,13)(H,14,15). The van der Waals surface area contributed by atoms with Gasteiger partial charge in [-0.25, -0.2) is 18.4 Å². The number of hydrogen-bond acceptors (Lipinski definition) is 5. The van der Waals surface area contributed by atoms with Gasteiger partial charge in [0.05, 0.1) is 0 Å². The number of hydrogen-bond donors (Lipinski definition) is 2. The number of aromatic nitrogens is 2. The first-order chi connectivity index (χ1) is 8.49. The Labute approximate surface area is 105 Å². The molecular weight excluding hydrogens is 252 g/mol. The fourth-order valence-electron chi connectivity index (χ4n) is 1.42. The van der Waals surface area contributed by atoms with Gasteiger partial charge in [-0.1, -0.05) is 6.07 Å². The topological polar surface area (TPSA) is 98.0 Å². The molecule has 0 bridgehead atoms. The van der Waals surface area contributed by atoms with Crippen molar-refractivity contribution in [1.29, 1.82) is 0 Å². The fourth-order valence-corrected chi connectivity index (χ4v) is 2.51. The highest BCUT2D eigenvalue weighted by Crippen LogP contribution is 2.18. The van der Waals surface area contributed by atoms with Crippen molar-refractivity contribution >= 4 is 21.7 Å². The normalized spacial score (nSPS) is 11.2. The second-order valence-corrected chi connectivity index (χ2v) is 5.31. The highest BCUT2D eigenvalue weighted by molar-refractivity contribution is 7.92. The smallest absolute Gasteiger partial charge is 0.266 e. The average Bonchev–Trinajstić information content (AvgIpc) is 2.28. The van der Waals surface area contributed by atoms with Gasteiger partial charge in [-0.05, 0) is 31.2 Å². The monoisotopic (exact) mass is 264 g/mol. The molecule has 0 spiro atoms.